The lowest BCUT2D eigenvalue weighted by molar-refractivity contribution is -0.367. The van der Waals surface area contributed by atoms with Crippen molar-refractivity contribution >= 4 is 9.84 Å². The first-order valence-corrected chi connectivity index (χ1v) is 7.71. The minimum absolute atomic E-state index is 0.250. The number of pyridine rings is 1. The largest absolute Gasteiger partial charge is 0.497 e. The van der Waals surface area contributed by atoms with Crippen LogP contribution in [0.25, 0.3) is 0 Å². The first kappa shape index (κ1) is 14.5. The van der Waals surface area contributed by atoms with Gasteiger partial charge in [-0.2, -0.15) is 0 Å². The number of sulfone groups is 1. The fourth-order valence-electron chi connectivity index (χ4n) is 2.00. The zero-order chi connectivity index (χ0) is 14.6. The molecule has 0 bridgehead atoms. The van der Waals surface area contributed by atoms with Gasteiger partial charge >= 0.3 is 0 Å². The minimum atomic E-state index is -3.49. The molecule has 0 aliphatic rings. The molecule has 0 spiro atoms. The van der Waals surface area contributed by atoms with E-state index in [1.54, 1.807) is 48.8 Å². The third kappa shape index (κ3) is 2.81. The van der Waals surface area contributed by atoms with Crippen molar-refractivity contribution in [3.63, 3.8) is 0 Å². The van der Waals surface area contributed by atoms with Crippen LogP contribution in [0, 0.1) is 0 Å². The van der Waals surface area contributed by atoms with Gasteiger partial charge in [0.15, 0.2) is 9.84 Å². The Balaban J connectivity index is 2.41. The van der Waals surface area contributed by atoms with E-state index >= 15 is 0 Å². The van der Waals surface area contributed by atoms with E-state index in [1.807, 2.05) is 0 Å². The molecule has 1 heterocycles. The number of nitrogens with zero attached hydrogens (tertiary/aromatic N) is 1. The minimum Gasteiger partial charge on any atom is -0.497 e. The maximum atomic E-state index is 12.7. The van der Waals surface area contributed by atoms with Gasteiger partial charge < -0.3 is 10.5 Å². The maximum Gasteiger partial charge on any atom is 0.190 e. The lowest BCUT2D eigenvalue weighted by Gasteiger charge is -2.14. The molecule has 5 nitrogen and oxygen atoms in total. The van der Waals surface area contributed by atoms with E-state index in [4.69, 9.17) is 4.74 Å². The van der Waals surface area contributed by atoms with Gasteiger partial charge in [0.05, 0.1) is 18.6 Å². The predicted octanol–water partition coefficient (Wildman–Crippen LogP) is 0.847. The quantitative estimate of drug-likeness (QED) is 0.885. The van der Waals surface area contributed by atoms with Gasteiger partial charge in [-0.25, -0.2) is 8.42 Å². The van der Waals surface area contributed by atoms with Gasteiger partial charge in [-0.15, -0.1) is 0 Å². The summed E-state index contributed by atoms with van der Waals surface area (Å²) in [6.07, 6.45) is 3.18. The van der Waals surface area contributed by atoms with E-state index in [0.29, 0.717) is 11.3 Å². The van der Waals surface area contributed by atoms with Crippen LogP contribution in [0.2, 0.25) is 0 Å². The van der Waals surface area contributed by atoms with Crippen LogP contribution in [0.1, 0.15) is 10.8 Å². The smallest absolute Gasteiger partial charge is 0.190 e. The molecule has 1 atom stereocenters. The van der Waals surface area contributed by atoms with Crippen molar-refractivity contribution in [1.29, 1.82) is 0 Å². The summed E-state index contributed by atoms with van der Waals surface area (Å²) in [7, 11) is -1.95. The summed E-state index contributed by atoms with van der Waals surface area (Å²) in [6, 6.07) is 9.85. The molecule has 1 aromatic heterocycles. The normalized spacial score (nSPS) is 12.9. The summed E-state index contributed by atoms with van der Waals surface area (Å²) in [4.78, 5) is 4.24. The first-order valence-electron chi connectivity index (χ1n) is 6.16. The van der Waals surface area contributed by atoms with E-state index in [2.05, 4.69) is 10.7 Å². The van der Waals surface area contributed by atoms with Crippen LogP contribution in [0.3, 0.4) is 0 Å². The van der Waals surface area contributed by atoms with Gasteiger partial charge in [0, 0.05) is 12.4 Å². The Hall–Kier alpha value is -1.92. The number of rotatable bonds is 5. The Kier molecular flexibility index (Phi) is 4.36. The van der Waals surface area contributed by atoms with Gasteiger partial charge in [0.1, 0.15) is 11.0 Å². The van der Waals surface area contributed by atoms with Crippen molar-refractivity contribution in [3.8, 4) is 5.75 Å². The molecule has 6 heteroatoms. The fraction of sp³-hybridized carbons (Fsp3) is 0.214. The van der Waals surface area contributed by atoms with Crippen LogP contribution in [-0.4, -0.2) is 27.1 Å². The molecule has 0 saturated heterocycles. The van der Waals surface area contributed by atoms with E-state index in [-0.39, 0.29) is 11.4 Å². The molecule has 0 radical (unpaired) electrons. The Morgan fingerprint density at radius 3 is 2.45 bits per heavy atom. The summed E-state index contributed by atoms with van der Waals surface area (Å²) in [5.41, 5.74) is 4.41. The number of aromatic nitrogens is 1. The lowest BCUT2D eigenvalue weighted by Crippen LogP contribution is -2.54. The van der Waals surface area contributed by atoms with Crippen LogP contribution in [0.4, 0.5) is 0 Å². The molecule has 0 unspecified atom stereocenters. The second-order valence-corrected chi connectivity index (χ2v) is 6.41. The summed E-state index contributed by atoms with van der Waals surface area (Å²) in [5.74, 6) is 0.622. The highest BCUT2D eigenvalue weighted by Crippen LogP contribution is 2.28. The monoisotopic (exact) mass is 293 g/mol. The zero-order valence-electron chi connectivity index (χ0n) is 11.2. The fourth-order valence-corrected chi connectivity index (χ4v) is 3.65. The van der Waals surface area contributed by atoms with Crippen molar-refractivity contribution in [2.45, 2.75) is 10.1 Å². The van der Waals surface area contributed by atoms with E-state index in [9.17, 15) is 8.42 Å². The molecule has 2 aromatic rings. The average molecular weight is 293 g/mol. The molecule has 0 fully saturated rings. The van der Waals surface area contributed by atoms with E-state index < -0.39 is 15.1 Å². The summed E-state index contributed by atoms with van der Waals surface area (Å²) >= 11 is 0. The standard InChI is InChI=1S/C14H16N2O3S/c1-19-12-4-6-13(7-5-12)20(17,18)14(9-15)11-3-2-8-16-10-11/h2-8,10,14H,9,15H2,1H3/p+1/t14-/m1/s1. The van der Waals surface area contributed by atoms with Crippen molar-refractivity contribution in [3.05, 3.63) is 54.4 Å². The maximum absolute atomic E-state index is 12.7. The topological polar surface area (TPSA) is 83.9 Å². The molecule has 0 aliphatic heterocycles. The molecule has 1 aromatic carbocycles. The molecular weight excluding hydrogens is 276 g/mol. The number of ether oxygens (including phenoxy) is 1. The van der Waals surface area contributed by atoms with Crippen molar-refractivity contribution in [2.24, 2.45) is 0 Å². The van der Waals surface area contributed by atoms with Gasteiger partial charge in [-0.05, 0) is 35.9 Å². The van der Waals surface area contributed by atoms with Crippen LogP contribution >= 0.6 is 0 Å². The van der Waals surface area contributed by atoms with Crippen LogP contribution < -0.4 is 10.5 Å². The number of quaternary nitrogens is 1. The number of benzene rings is 1. The van der Waals surface area contributed by atoms with Crippen molar-refractivity contribution in [1.82, 2.24) is 4.98 Å². The van der Waals surface area contributed by atoms with Gasteiger partial charge in [-0.3, -0.25) is 4.98 Å². The highest BCUT2D eigenvalue weighted by molar-refractivity contribution is 7.91. The van der Waals surface area contributed by atoms with Crippen LogP contribution in [0.15, 0.2) is 53.7 Å². The second-order valence-electron chi connectivity index (χ2n) is 4.28. The van der Waals surface area contributed by atoms with Crippen LogP contribution in [-0.2, 0) is 9.84 Å². The molecule has 2 rings (SSSR count). The average Bonchev–Trinajstić information content (AvgIpc) is 2.49. The third-order valence-corrected chi connectivity index (χ3v) is 5.27. The SMILES string of the molecule is COc1ccc(S(=O)(=O)[C@H](C[NH3+])c2cccnc2)cc1. The lowest BCUT2D eigenvalue weighted by atomic mass is 10.2. The molecule has 106 valence electrons. The number of methoxy groups -OCH3 is 1. The number of hydrogen-bond donors (Lipinski definition) is 1. The summed E-state index contributed by atoms with van der Waals surface area (Å²) in [6.45, 7) is 0.250. The second kappa shape index (κ2) is 6.02. The van der Waals surface area contributed by atoms with Gasteiger partial charge in [-0.1, -0.05) is 6.07 Å². The van der Waals surface area contributed by atoms with Crippen LogP contribution in [0.5, 0.6) is 5.75 Å². The third-order valence-electron chi connectivity index (χ3n) is 3.08. The van der Waals surface area contributed by atoms with Gasteiger partial charge in [0.25, 0.3) is 0 Å². The Morgan fingerprint density at radius 1 is 1.25 bits per heavy atom. The Labute approximate surface area is 118 Å². The van der Waals surface area contributed by atoms with Gasteiger partial charge in [0.2, 0.25) is 0 Å². The summed E-state index contributed by atoms with van der Waals surface area (Å²) < 4.78 is 30.3. The highest BCUT2D eigenvalue weighted by Gasteiger charge is 2.29. The highest BCUT2D eigenvalue weighted by atomic mass is 32.2. The molecular formula is C14H17N2O3S+. The Morgan fingerprint density at radius 2 is 1.95 bits per heavy atom. The molecule has 3 N–H and O–H groups in total. The predicted molar refractivity (Wildman–Crippen MR) is 74.9 cm³/mol. The molecule has 0 amide bonds. The van der Waals surface area contributed by atoms with Crippen molar-refractivity contribution < 1.29 is 18.9 Å². The van der Waals surface area contributed by atoms with E-state index in [0.717, 1.165) is 0 Å². The molecule has 0 saturated carbocycles. The first-order chi connectivity index (χ1) is 9.59. The molecule has 20 heavy (non-hydrogen) atoms. The zero-order valence-corrected chi connectivity index (χ0v) is 12.0. The van der Waals surface area contributed by atoms with Crippen molar-refractivity contribution in [2.75, 3.05) is 13.7 Å². The Bertz CT molecular complexity index is 655. The van der Waals surface area contributed by atoms with E-state index in [1.165, 1.54) is 7.11 Å². The molecule has 0 aliphatic carbocycles. The number of hydrogen-bond acceptors (Lipinski definition) is 4. The summed E-state index contributed by atoms with van der Waals surface area (Å²) in [5, 5.41) is -0.690.